The van der Waals surface area contributed by atoms with Gasteiger partial charge in [0, 0.05) is 18.8 Å². The van der Waals surface area contributed by atoms with Crippen LogP contribution < -0.4 is 10.6 Å². The predicted octanol–water partition coefficient (Wildman–Crippen LogP) is -0.184. The zero-order chi connectivity index (χ0) is 10.6. The SMILES string of the molecule is CN(CC(N)=O)c1ccc(C=O)cn1. The zero-order valence-electron chi connectivity index (χ0n) is 7.80. The highest BCUT2D eigenvalue weighted by atomic mass is 16.1. The minimum Gasteiger partial charge on any atom is -0.368 e. The van der Waals surface area contributed by atoms with Crippen molar-refractivity contribution in [2.24, 2.45) is 5.73 Å². The summed E-state index contributed by atoms with van der Waals surface area (Å²) in [6.45, 7) is 0.105. The molecule has 0 spiro atoms. The van der Waals surface area contributed by atoms with Gasteiger partial charge in [-0.2, -0.15) is 0 Å². The fourth-order valence-electron chi connectivity index (χ4n) is 1.01. The van der Waals surface area contributed by atoms with E-state index < -0.39 is 5.91 Å². The highest BCUT2D eigenvalue weighted by Gasteiger charge is 2.04. The molecule has 0 fully saturated rings. The number of hydrogen-bond donors (Lipinski definition) is 1. The molecule has 1 aromatic rings. The van der Waals surface area contributed by atoms with Crippen LogP contribution >= 0.6 is 0 Å². The fraction of sp³-hybridized carbons (Fsp3) is 0.222. The number of rotatable bonds is 4. The van der Waals surface area contributed by atoms with E-state index in [1.165, 1.54) is 6.20 Å². The molecule has 1 amide bonds. The first kappa shape index (κ1) is 10.2. The lowest BCUT2D eigenvalue weighted by atomic mass is 10.3. The smallest absolute Gasteiger partial charge is 0.236 e. The van der Waals surface area contributed by atoms with Crippen LogP contribution in [0.2, 0.25) is 0 Å². The van der Waals surface area contributed by atoms with Gasteiger partial charge < -0.3 is 10.6 Å². The molecular weight excluding hydrogens is 182 g/mol. The third kappa shape index (κ3) is 2.55. The molecule has 5 heteroatoms. The van der Waals surface area contributed by atoms with Crippen LogP contribution in [0, 0.1) is 0 Å². The van der Waals surface area contributed by atoms with E-state index >= 15 is 0 Å². The summed E-state index contributed by atoms with van der Waals surface area (Å²) >= 11 is 0. The monoisotopic (exact) mass is 193 g/mol. The molecule has 0 atom stereocenters. The van der Waals surface area contributed by atoms with Crippen LogP contribution in [0.25, 0.3) is 0 Å². The molecule has 0 unspecified atom stereocenters. The van der Waals surface area contributed by atoms with E-state index in [9.17, 15) is 9.59 Å². The van der Waals surface area contributed by atoms with E-state index in [0.717, 1.165) is 0 Å². The lowest BCUT2D eigenvalue weighted by Gasteiger charge is -2.15. The Morgan fingerprint density at radius 2 is 2.36 bits per heavy atom. The van der Waals surface area contributed by atoms with Crippen molar-refractivity contribution >= 4 is 18.0 Å². The number of anilines is 1. The van der Waals surface area contributed by atoms with E-state index in [1.54, 1.807) is 24.1 Å². The topological polar surface area (TPSA) is 76.3 Å². The largest absolute Gasteiger partial charge is 0.368 e. The van der Waals surface area contributed by atoms with E-state index in [1.807, 2.05) is 0 Å². The van der Waals surface area contributed by atoms with E-state index in [-0.39, 0.29) is 6.54 Å². The highest BCUT2D eigenvalue weighted by molar-refractivity contribution is 5.79. The van der Waals surface area contributed by atoms with Crippen molar-refractivity contribution in [1.82, 2.24) is 4.98 Å². The number of aldehydes is 1. The Morgan fingerprint density at radius 3 is 2.79 bits per heavy atom. The lowest BCUT2D eigenvalue weighted by molar-refractivity contribution is -0.116. The molecule has 1 aromatic heterocycles. The van der Waals surface area contributed by atoms with Crippen molar-refractivity contribution in [2.45, 2.75) is 0 Å². The number of carbonyl (C=O) groups is 2. The van der Waals surface area contributed by atoms with Crippen LogP contribution in [-0.4, -0.2) is 30.8 Å². The van der Waals surface area contributed by atoms with Gasteiger partial charge in [-0.15, -0.1) is 0 Å². The summed E-state index contributed by atoms with van der Waals surface area (Å²) in [6.07, 6.45) is 2.16. The molecule has 0 aliphatic heterocycles. The number of primary amides is 1. The fourth-order valence-corrected chi connectivity index (χ4v) is 1.01. The van der Waals surface area contributed by atoms with Gasteiger partial charge >= 0.3 is 0 Å². The van der Waals surface area contributed by atoms with E-state index in [4.69, 9.17) is 5.73 Å². The van der Waals surface area contributed by atoms with Crippen molar-refractivity contribution < 1.29 is 9.59 Å². The molecule has 2 N–H and O–H groups in total. The van der Waals surface area contributed by atoms with Crippen LogP contribution in [0.15, 0.2) is 18.3 Å². The van der Waals surface area contributed by atoms with Gasteiger partial charge in [0.2, 0.25) is 5.91 Å². The molecule has 0 aliphatic carbocycles. The van der Waals surface area contributed by atoms with Crippen molar-refractivity contribution in [1.29, 1.82) is 0 Å². The quantitative estimate of drug-likeness (QED) is 0.673. The van der Waals surface area contributed by atoms with Crippen molar-refractivity contribution in [3.8, 4) is 0 Å². The molecule has 1 heterocycles. The first-order valence-electron chi connectivity index (χ1n) is 4.04. The second-order valence-electron chi connectivity index (χ2n) is 2.89. The van der Waals surface area contributed by atoms with Gasteiger partial charge in [-0.3, -0.25) is 9.59 Å². The Labute approximate surface area is 81.5 Å². The molecule has 0 aliphatic rings. The van der Waals surface area contributed by atoms with Gasteiger partial charge in [-0.25, -0.2) is 4.98 Å². The second kappa shape index (κ2) is 4.36. The number of nitrogens with two attached hydrogens (primary N) is 1. The number of hydrogen-bond acceptors (Lipinski definition) is 4. The Morgan fingerprint density at radius 1 is 1.64 bits per heavy atom. The summed E-state index contributed by atoms with van der Waals surface area (Å²) in [5.41, 5.74) is 5.52. The minimum absolute atomic E-state index is 0.105. The number of aromatic nitrogens is 1. The van der Waals surface area contributed by atoms with E-state index in [0.29, 0.717) is 17.7 Å². The first-order valence-corrected chi connectivity index (χ1v) is 4.04. The van der Waals surface area contributed by atoms with Crippen LogP contribution in [0.4, 0.5) is 5.82 Å². The molecule has 0 radical (unpaired) electrons. The zero-order valence-corrected chi connectivity index (χ0v) is 7.80. The third-order valence-corrected chi connectivity index (χ3v) is 1.69. The number of amides is 1. The molecule has 0 saturated heterocycles. The Hall–Kier alpha value is -1.91. The maximum atomic E-state index is 10.6. The minimum atomic E-state index is -0.422. The number of nitrogens with zero attached hydrogens (tertiary/aromatic N) is 2. The summed E-state index contributed by atoms with van der Waals surface area (Å²) in [5, 5.41) is 0. The normalized spacial score (nSPS) is 9.50. The lowest BCUT2D eigenvalue weighted by Crippen LogP contribution is -2.30. The first-order chi connectivity index (χ1) is 6.63. The Balaban J connectivity index is 2.75. The average molecular weight is 193 g/mol. The Kier molecular flexibility index (Phi) is 3.17. The van der Waals surface area contributed by atoms with Gasteiger partial charge in [-0.05, 0) is 12.1 Å². The van der Waals surface area contributed by atoms with Crippen LogP contribution in [0.3, 0.4) is 0 Å². The average Bonchev–Trinajstić information content (AvgIpc) is 2.17. The molecular formula is C9H11N3O2. The molecule has 1 rings (SSSR count). The molecule has 5 nitrogen and oxygen atoms in total. The third-order valence-electron chi connectivity index (χ3n) is 1.69. The van der Waals surface area contributed by atoms with Gasteiger partial charge in [0.15, 0.2) is 6.29 Å². The molecule has 74 valence electrons. The van der Waals surface area contributed by atoms with Gasteiger partial charge in [-0.1, -0.05) is 0 Å². The Bertz CT molecular complexity index is 334. The molecule has 0 saturated carbocycles. The summed E-state index contributed by atoms with van der Waals surface area (Å²) in [4.78, 5) is 26.5. The standard InChI is InChI=1S/C9H11N3O2/c1-12(5-8(10)14)9-3-2-7(6-13)4-11-9/h2-4,6H,5H2,1H3,(H2,10,14). The number of carbonyl (C=O) groups excluding carboxylic acids is 2. The maximum absolute atomic E-state index is 10.6. The second-order valence-corrected chi connectivity index (χ2v) is 2.89. The molecule has 0 bridgehead atoms. The van der Waals surface area contributed by atoms with Crippen LogP contribution in [-0.2, 0) is 4.79 Å². The van der Waals surface area contributed by atoms with Crippen molar-refractivity contribution in [3.63, 3.8) is 0 Å². The van der Waals surface area contributed by atoms with Gasteiger partial charge in [0.25, 0.3) is 0 Å². The maximum Gasteiger partial charge on any atom is 0.236 e. The highest BCUT2D eigenvalue weighted by Crippen LogP contribution is 2.07. The predicted molar refractivity (Wildman–Crippen MR) is 52.1 cm³/mol. The van der Waals surface area contributed by atoms with Crippen molar-refractivity contribution in [3.05, 3.63) is 23.9 Å². The summed E-state index contributed by atoms with van der Waals surface area (Å²) in [7, 11) is 1.70. The summed E-state index contributed by atoms with van der Waals surface area (Å²) in [6, 6.07) is 3.29. The van der Waals surface area contributed by atoms with Crippen molar-refractivity contribution in [2.75, 3.05) is 18.5 Å². The number of likely N-dealkylation sites (N-methyl/N-ethyl adjacent to an activating group) is 1. The summed E-state index contributed by atoms with van der Waals surface area (Å²) < 4.78 is 0. The molecule has 0 aromatic carbocycles. The van der Waals surface area contributed by atoms with Crippen LogP contribution in [0.1, 0.15) is 10.4 Å². The number of pyridine rings is 1. The van der Waals surface area contributed by atoms with Crippen LogP contribution in [0.5, 0.6) is 0 Å². The van der Waals surface area contributed by atoms with E-state index in [2.05, 4.69) is 4.98 Å². The molecule has 14 heavy (non-hydrogen) atoms. The van der Waals surface area contributed by atoms with Gasteiger partial charge in [0.05, 0.1) is 6.54 Å². The van der Waals surface area contributed by atoms with Gasteiger partial charge in [0.1, 0.15) is 5.82 Å². The summed E-state index contributed by atoms with van der Waals surface area (Å²) in [5.74, 6) is 0.183.